The van der Waals surface area contributed by atoms with Crippen molar-refractivity contribution in [2.24, 2.45) is 22.6 Å². The molecule has 0 aromatic carbocycles. The van der Waals surface area contributed by atoms with Crippen LogP contribution in [0.15, 0.2) is 4.99 Å². The lowest BCUT2D eigenvalue weighted by atomic mass is 9.83. The molecule has 0 aromatic rings. The molecule has 2 rings (SSSR count). The SMILES string of the molecule is CN(C)C(CN=C(N)NCC1CCC1)C1CCCCC1.I. The highest BCUT2D eigenvalue weighted by Gasteiger charge is 2.25. The highest BCUT2D eigenvalue weighted by atomic mass is 127. The smallest absolute Gasteiger partial charge is 0.188 e. The molecule has 5 heteroatoms. The molecule has 0 aromatic heterocycles. The zero-order valence-electron chi connectivity index (χ0n) is 13.7. The van der Waals surface area contributed by atoms with Gasteiger partial charge in [-0.25, -0.2) is 0 Å². The van der Waals surface area contributed by atoms with Crippen molar-refractivity contribution in [3.8, 4) is 0 Å². The lowest BCUT2D eigenvalue weighted by Crippen LogP contribution is -2.41. The lowest BCUT2D eigenvalue weighted by Gasteiger charge is -2.34. The van der Waals surface area contributed by atoms with Crippen LogP contribution in [0.3, 0.4) is 0 Å². The van der Waals surface area contributed by atoms with E-state index in [-0.39, 0.29) is 24.0 Å². The van der Waals surface area contributed by atoms with Crippen LogP contribution in [0.5, 0.6) is 0 Å². The van der Waals surface area contributed by atoms with Gasteiger partial charge in [0.1, 0.15) is 0 Å². The first-order chi connectivity index (χ1) is 9.66. The average Bonchev–Trinajstić information content (AvgIpc) is 2.38. The molecular formula is C16H33IN4. The van der Waals surface area contributed by atoms with E-state index >= 15 is 0 Å². The minimum Gasteiger partial charge on any atom is -0.370 e. The molecular weight excluding hydrogens is 375 g/mol. The van der Waals surface area contributed by atoms with E-state index in [1.165, 1.54) is 51.4 Å². The molecule has 2 aliphatic carbocycles. The predicted molar refractivity (Wildman–Crippen MR) is 101 cm³/mol. The van der Waals surface area contributed by atoms with Crippen molar-refractivity contribution in [3.63, 3.8) is 0 Å². The molecule has 3 N–H and O–H groups in total. The van der Waals surface area contributed by atoms with Crippen molar-refractivity contribution in [2.75, 3.05) is 27.2 Å². The van der Waals surface area contributed by atoms with E-state index in [1.807, 2.05) is 0 Å². The molecule has 0 heterocycles. The van der Waals surface area contributed by atoms with E-state index in [4.69, 9.17) is 5.73 Å². The number of aliphatic imine (C=N–C) groups is 1. The first kappa shape index (κ1) is 19.0. The molecule has 0 saturated heterocycles. The second kappa shape index (κ2) is 9.87. The summed E-state index contributed by atoms with van der Waals surface area (Å²) in [5, 5.41) is 3.29. The van der Waals surface area contributed by atoms with Gasteiger partial charge in [-0.2, -0.15) is 0 Å². The van der Waals surface area contributed by atoms with E-state index in [2.05, 4.69) is 29.3 Å². The summed E-state index contributed by atoms with van der Waals surface area (Å²) < 4.78 is 0. The summed E-state index contributed by atoms with van der Waals surface area (Å²) in [5.74, 6) is 2.26. The number of hydrogen-bond acceptors (Lipinski definition) is 2. The van der Waals surface area contributed by atoms with Crippen LogP contribution < -0.4 is 11.1 Å². The maximum atomic E-state index is 6.00. The van der Waals surface area contributed by atoms with Gasteiger partial charge in [0, 0.05) is 12.6 Å². The number of nitrogens with zero attached hydrogens (tertiary/aromatic N) is 2. The fourth-order valence-corrected chi connectivity index (χ4v) is 3.45. The Morgan fingerprint density at radius 3 is 2.33 bits per heavy atom. The molecule has 0 spiro atoms. The van der Waals surface area contributed by atoms with Crippen LogP contribution in [0.2, 0.25) is 0 Å². The zero-order valence-corrected chi connectivity index (χ0v) is 16.0. The molecule has 2 saturated carbocycles. The maximum absolute atomic E-state index is 6.00. The van der Waals surface area contributed by atoms with Crippen molar-refractivity contribution in [2.45, 2.75) is 57.4 Å². The van der Waals surface area contributed by atoms with Gasteiger partial charge in [0.15, 0.2) is 5.96 Å². The normalized spacial score (nSPS) is 22.5. The largest absolute Gasteiger partial charge is 0.370 e. The van der Waals surface area contributed by atoms with Crippen LogP contribution in [0, 0.1) is 11.8 Å². The van der Waals surface area contributed by atoms with Crippen molar-refractivity contribution in [3.05, 3.63) is 0 Å². The average molecular weight is 408 g/mol. The van der Waals surface area contributed by atoms with Gasteiger partial charge in [0.25, 0.3) is 0 Å². The fourth-order valence-electron chi connectivity index (χ4n) is 3.45. The van der Waals surface area contributed by atoms with E-state index < -0.39 is 0 Å². The first-order valence-corrected chi connectivity index (χ1v) is 8.37. The van der Waals surface area contributed by atoms with E-state index in [1.54, 1.807) is 0 Å². The summed E-state index contributed by atoms with van der Waals surface area (Å²) in [6.07, 6.45) is 11.0. The summed E-state index contributed by atoms with van der Waals surface area (Å²) in [5.41, 5.74) is 6.00. The molecule has 1 atom stereocenters. The van der Waals surface area contributed by atoms with Gasteiger partial charge in [-0.3, -0.25) is 4.99 Å². The number of hydrogen-bond donors (Lipinski definition) is 2. The molecule has 0 aliphatic heterocycles. The molecule has 2 aliphatic rings. The molecule has 0 radical (unpaired) electrons. The molecule has 124 valence electrons. The Labute approximate surface area is 147 Å². The highest BCUT2D eigenvalue weighted by molar-refractivity contribution is 14.0. The van der Waals surface area contributed by atoms with Crippen molar-refractivity contribution in [1.82, 2.24) is 10.2 Å². The Morgan fingerprint density at radius 2 is 1.81 bits per heavy atom. The monoisotopic (exact) mass is 408 g/mol. The van der Waals surface area contributed by atoms with Gasteiger partial charge < -0.3 is 16.0 Å². The number of nitrogens with two attached hydrogens (primary N) is 1. The van der Waals surface area contributed by atoms with Crippen molar-refractivity contribution >= 4 is 29.9 Å². The van der Waals surface area contributed by atoms with E-state index in [0.29, 0.717) is 12.0 Å². The number of likely N-dealkylation sites (N-methyl/N-ethyl adjacent to an activating group) is 1. The maximum Gasteiger partial charge on any atom is 0.188 e. The van der Waals surface area contributed by atoms with Crippen LogP contribution in [0.25, 0.3) is 0 Å². The van der Waals surface area contributed by atoms with E-state index in [0.717, 1.165) is 24.9 Å². The fraction of sp³-hybridized carbons (Fsp3) is 0.938. The van der Waals surface area contributed by atoms with Crippen LogP contribution in [-0.2, 0) is 0 Å². The van der Waals surface area contributed by atoms with Crippen LogP contribution >= 0.6 is 24.0 Å². The highest BCUT2D eigenvalue weighted by Crippen LogP contribution is 2.28. The Hall–Kier alpha value is -0.0400. The van der Waals surface area contributed by atoms with Gasteiger partial charge in [0.05, 0.1) is 6.54 Å². The Morgan fingerprint density at radius 1 is 1.14 bits per heavy atom. The molecule has 4 nitrogen and oxygen atoms in total. The summed E-state index contributed by atoms with van der Waals surface area (Å²) in [6, 6.07) is 0.541. The van der Waals surface area contributed by atoms with Gasteiger partial charge in [0.2, 0.25) is 0 Å². The first-order valence-electron chi connectivity index (χ1n) is 8.37. The quantitative estimate of drug-likeness (QED) is 0.404. The van der Waals surface area contributed by atoms with E-state index in [9.17, 15) is 0 Å². The number of halogens is 1. The zero-order chi connectivity index (χ0) is 14.4. The predicted octanol–water partition coefficient (Wildman–Crippen LogP) is 2.82. The number of rotatable bonds is 6. The summed E-state index contributed by atoms with van der Waals surface area (Å²) in [7, 11) is 4.35. The third kappa shape index (κ3) is 6.30. The van der Waals surface area contributed by atoms with Gasteiger partial charge >= 0.3 is 0 Å². The topological polar surface area (TPSA) is 53.6 Å². The second-order valence-corrected chi connectivity index (χ2v) is 6.83. The minimum atomic E-state index is 0. The lowest BCUT2D eigenvalue weighted by molar-refractivity contribution is 0.176. The van der Waals surface area contributed by atoms with Crippen molar-refractivity contribution < 1.29 is 0 Å². The van der Waals surface area contributed by atoms with Crippen LogP contribution in [-0.4, -0.2) is 44.1 Å². The third-order valence-electron chi connectivity index (χ3n) is 5.10. The second-order valence-electron chi connectivity index (χ2n) is 6.83. The van der Waals surface area contributed by atoms with Crippen molar-refractivity contribution in [1.29, 1.82) is 0 Å². The number of guanidine groups is 1. The molecule has 0 amide bonds. The van der Waals surface area contributed by atoms with Crippen LogP contribution in [0.4, 0.5) is 0 Å². The Balaban J connectivity index is 0.00000220. The number of nitrogens with one attached hydrogen (secondary N) is 1. The summed E-state index contributed by atoms with van der Waals surface area (Å²) >= 11 is 0. The summed E-state index contributed by atoms with van der Waals surface area (Å²) in [6.45, 7) is 1.84. The molecule has 2 fully saturated rings. The Bertz CT molecular complexity index is 309. The van der Waals surface area contributed by atoms with Gasteiger partial charge in [-0.05, 0) is 51.6 Å². The Kier molecular flexibility index (Phi) is 8.94. The third-order valence-corrected chi connectivity index (χ3v) is 5.10. The molecule has 1 unspecified atom stereocenters. The minimum absolute atomic E-state index is 0. The van der Waals surface area contributed by atoms with Gasteiger partial charge in [-0.15, -0.1) is 24.0 Å². The summed E-state index contributed by atoms with van der Waals surface area (Å²) in [4.78, 5) is 6.92. The van der Waals surface area contributed by atoms with Gasteiger partial charge in [-0.1, -0.05) is 25.7 Å². The van der Waals surface area contributed by atoms with Crippen LogP contribution in [0.1, 0.15) is 51.4 Å². The standard InChI is InChI=1S/C16H32N4.HI/c1-20(2)15(14-9-4-3-5-10-14)12-19-16(17)18-11-13-7-6-8-13;/h13-15H,3-12H2,1-2H3,(H3,17,18,19);1H. The molecule has 0 bridgehead atoms. The molecule has 21 heavy (non-hydrogen) atoms.